The molecule has 1 saturated carbocycles. The molecule has 0 spiro atoms. The van der Waals surface area contributed by atoms with Crippen LogP contribution in [0.4, 0.5) is 20.2 Å². The van der Waals surface area contributed by atoms with Crippen molar-refractivity contribution in [2.45, 2.75) is 33.2 Å². The van der Waals surface area contributed by atoms with Crippen molar-refractivity contribution < 1.29 is 32.6 Å². The molecule has 6 rings (SSSR count). The molecule has 0 saturated heterocycles. The molecule has 0 radical (unpaired) electrons. The van der Waals surface area contributed by atoms with E-state index in [1.807, 2.05) is 31.0 Å². The number of nitrogens with one attached hydrogen (secondary N) is 2. The molecule has 2 N–H and O–H groups in total. The van der Waals surface area contributed by atoms with Crippen molar-refractivity contribution in [2.24, 2.45) is 5.41 Å². The number of carbonyl (C=O) groups is 3. The molecule has 0 atom stereocenters. The Labute approximate surface area is 284 Å². The van der Waals surface area contributed by atoms with Gasteiger partial charge in [-0.25, -0.2) is 8.78 Å². The van der Waals surface area contributed by atoms with Gasteiger partial charge >= 0.3 is 5.97 Å². The maximum Gasteiger partial charge on any atom is 0.320 e. The zero-order valence-electron chi connectivity index (χ0n) is 26.9. The van der Waals surface area contributed by atoms with Crippen LogP contribution in [0.3, 0.4) is 0 Å². The van der Waals surface area contributed by atoms with E-state index in [0.29, 0.717) is 41.0 Å². The number of carbonyl (C=O) groups excluding carboxylic acids is 3. The first-order valence-corrected chi connectivity index (χ1v) is 16.6. The summed E-state index contributed by atoms with van der Waals surface area (Å²) in [7, 11) is 0. The Morgan fingerprint density at radius 1 is 0.959 bits per heavy atom. The SMILES string of the molecule is CCN(CC)CC(=O)OCCn1cc(-c2cc3nccc(Oc4ccc(NC(=O)C5(C(=O)Nc6ccc(F)cc6)CC5)cc4F)c3s2)cn1. The van der Waals surface area contributed by atoms with Gasteiger partial charge in [-0.05, 0) is 68.4 Å². The molecule has 2 aromatic carbocycles. The van der Waals surface area contributed by atoms with Gasteiger partial charge in [0.2, 0.25) is 11.8 Å². The number of nitrogens with zero attached hydrogens (tertiary/aromatic N) is 4. The van der Waals surface area contributed by atoms with Gasteiger partial charge in [-0.2, -0.15) is 5.10 Å². The van der Waals surface area contributed by atoms with Gasteiger partial charge < -0.3 is 20.1 Å². The monoisotopic (exact) mass is 688 g/mol. The van der Waals surface area contributed by atoms with E-state index in [1.165, 1.54) is 47.7 Å². The fourth-order valence-corrected chi connectivity index (χ4v) is 6.22. The summed E-state index contributed by atoms with van der Waals surface area (Å²) in [6, 6.07) is 12.8. The van der Waals surface area contributed by atoms with Gasteiger partial charge in [0.1, 0.15) is 23.6 Å². The molecule has 1 fully saturated rings. The highest BCUT2D eigenvalue weighted by molar-refractivity contribution is 7.22. The highest BCUT2D eigenvalue weighted by Gasteiger charge is 2.56. The smallest absolute Gasteiger partial charge is 0.320 e. The zero-order valence-corrected chi connectivity index (χ0v) is 27.7. The van der Waals surface area contributed by atoms with E-state index < -0.39 is 28.9 Å². The number of halogens is 2. The van der Waals surface area contributed by atoms with Crippen LogP contribution >= 0.6 is 11.3 Å². The number of fused-ring (bicyclic) bond motifs is 1. The van der Waals surface area contributed by atoms with Gasteiger partial charge in [0.05, 0.1) is 29.5 Å². The van der Waals surface area contributed by atoms with Gasteiger partial charge in [0, 0.05) is 46.3 Å². The average molecular weight is 689 g/mol. The molecule has 0 aliphatic heterocycles. The number of thiophene rings is 1. The largest absolute Gasteiger partial charge is 0.463 e. The Hall–Kier alpha value is -5.21. The fraction of sp³-hybridized carbons (Fsp3) is 0.286. The lowest BCUT2D eigenvalue weighted by molar-refractivity contribution is -0.145. The highest BCUT2D eigenvalue weighted by Crippen LogP contribution is 2.48. The third-order valence-corrected chi connectivity index (χ3v) is 9.44. The number of esters is 1. The Balaban J connectivity index is 1.08. The van der Waals surface area contributed by atoms with E-state index >= 15 is 4.39 Å². The fourth-order valence-electron chi connectivity index (χ4n) is 5.18. The number of hydrogen-bond acceptors (Lipinski definition) is 9. The second kappa shape index (κ2) is 14.5. The molecule has 1 aliphatic rings. The maximum atomic E-state index is 15.3. The molecule has 5 aromatic rings. The molecule has 0 bridgehead atoms. The van der Waals surface area contributed by atoms with Gasteiger partial charge in [0.25, 0.3) is 0 Å². The second-order valence-corrected chi connectivity index (χ2v) is 12.6. The molecule has 14 heteroatoms. The van der Waals surface area contributed by atoms with E-state index in [2.05, 4.69) is 20.7 Å². The minimum Gasteiger partial charge on any atom is -0.463 e. The minimum absolute atomic E-state index is 0.0565. The van der Waals surface area contributed by atoms with Crippen LogP contribution in [0.2, 0.25) is 0 Å². The molecule has 3 heterocycles. The Morgan fingerprint density at radius 2 is 1.67 bits per heavy atom. The van der Waals surface area contributed by atoms with Gasteiger partial charge in [-0.15, -0.1) is 11.3 Å². The quantitative estimate of drug-likeness (QED) is 0.100. The summed E-state index contributed by atoms with van der Waals surface area (Å²) in [5, 5.41) is 9.67. The first-order valence-electron chi connectivity index (χ1n) is 15.8. The van der Waals surface area contributed by atoms with Crippen LogP contribution in [0, 0.1) is 17.0 Å². The predicted molar refractivity (Wildman–Crippen MR) is 181 cm³/mol. The van der Waals surface area contributed by atoms with E-state index in [0.717, 1.165) is 29.6 Å². The lowest BCUT2D eigenvalue weighted by atomic mass is 10.0. The van der Waals surface area contributed by atoms with Crippen molar-refractivity contribution in [1.82, 2.24) is 19.7 Å². The molecular weight excluding hydrogens is 654 g/mol. The van der Waals surface area contributed by atoms with E-state index in [-0.39, 0.29) is 30.6 Å². The number of anilines is 2. The summed E-state index contributed by atoms with van der Waals surface area (Å²) in [5.41, 5.74) is 0.763. The van der Waals surface area contributed by atoms with Crippen LogP contribution in [0.1, 0.15) is 26.7 Å². The van der Waals surface area contributed by atoms with Crippen LogP contribution in [0.5, 0.6) is 11.5 Å². The van der Waals surface area contributed by atoms with Crippen LogP contribution < -0.4 is 15.4 Å². The maximum absolute atomic E-state index is 15.3. The molecular formula is C35H34F2N6O5S. The van der Waals surface area contributed by atoms with Crippen molar-refractivity contribution in [3.05, 3.63) is 84.8 Å². The Morgan fingerprint density at radius 3 is 2.37 bits per heavy atom. The second-order valence-electron chi connectivity index (χ2n) is 11.6. The summed E-state index contributed by atoms with van der Waals surface area (Å²) in [5.74, 6) is -2.14. The third-order valence-electron chi connectivity index (χ3n) is 8.26. The molecule has 49 heavy (non-hydrogen) atoms. The number of pyridine rings is 1. The molecule has 2 amide bonds. The number of amides is 2. The molecule has 11 nitrogen and oxygen atoms in total. The number of likely N-dealkylation sites (N-methyl/N-ethyl adjacent to an activating group) is 1. The molecule has 254 valence electrons. The van der Waals surface area contributed by atoms with E-state index in [4.69, 9.17) is 9.47 Å². The number of rotatable bonds is 14. The first kappa shape index (κ1) is 33.7. The summed E-state index contributed by atoms with van der Waals surface area (Å²) >= 11 is 1.41. The van der Waals surface area contributed by atoms with Crippen molar-refractivity contribution in [3.63, 3.8) is 0 Å². The summed E-state index contributed by atoms with van der Waals surface area (Å²) in [6.45, 7) is 6.40. The van der Waals surface area contributed by atoms with Crippen molar-refractivity contribution in [1.29, 1.82) is 0 Å². The average Bonchev–Trinajstić information content (AvgIpc) is 3.58. The highest BCUT2D eigenvalue weighted by atomic mass is 32.1. The van der Waals surface area contributed by atoms with Crippen molar-refractivity contribution >= 4 is 50.7 Å². The molecule has 1 aliphatic carbocycles. The Kier molecular flexibility index (Phi) is 9.97. The lowest BCUT2D eigenvalue weighted by Crippen LogP contribution is -2.35. The molecule has 0 unspecified atom stereocenters. The predicted octanol–water partition coefficient (Wildman–Crippen LogP) is 6.47. The van der Waals surface area contributed by atoms with Gasteiger partial charge in [-0.1, -0.05) is 13.8 Å². The standard InChI is InChI=1S/C35H34F2N6O5S/c1-3-42(4-2)21-31(44)47-16-15-43-20-22(19-39-43)30-18-27-32(49-30)29(11-14-38-27)48-28-10-9-25(17-26(28)37)41-34(46)35(12-13-35)33(45)40-24-7-5-23(36)6-8-24/h5-11,14,17-20H,3-4,12-13,15-16,21H2,1-2H3,(H,40,45)(H,41,46). The summed E-state index contributed by atoms with van der Waals surface area (Å²) < 4.78 is 42.2. The van der Waals surface area contributed by atoms with Gasteiger partial charge in [-0.3, -0.25) is 28.9 Å². The first-order chi connectivity index (χ1) is 23.7. The summed E-state index contributed by atoms with van der Waals surface area (Å²) in [4.78, 5) is 45.3. The minimum atomic E-state index is -1.28. The normalized spacial score (nSPS) is 13.3. The topological polar surface area (TPSA) is 128 Å². The molecule has 3 aromatic heterocycles. The van der Waals surface area contributed by atoms with Gasteiger partial charge in [0.15, 0.2) is 11.6 Å². The third kappa shape index (κ3) is 7.76. The van der Waals surface area contributed by atoms with E-state index in [1.54, 1.807) is 23.1 Å². The van der Waals surface area contributed by atoms with Crippen molar-refractivity contribution in [2.75, 3.05) is 36.9 Å². The van der Waals surface area contributed by atoms with E-state index in [9.17, 15) is 18.8 Å². The zero-order chi connectivity index (χ0) is 34.5. The summed E-state index contributed by atoms with van der Waals surface area (Å²) in [6.07, 6.45) is 5.82. The lowest BCUT2D eigenvalue weighted by Gasteiger charge is -2.16. The Bertz CT molecular complexity index is 1990. The number of ether oxygens (including phenoxy) is 2. The van der Waals surface area contributed by atoms with Crippen LogP contribution in [0.15, 0.2) is 73.2 Å². The van der Waals surface area contributed by atoms with Crippen LogP contribution in [0.25, 0.3) is 20.7 Å². The number of hydrogen-bond donors (Lipinski definition) is 2. The van der Waals surface area contributed by atoms with Crippen LogP contribution in [-0.2, 0) is 25.7 Å². The number of benzene rings is 2. The van der Waals surface area contributed by atoms with Crippen molar-refractivity contribution in [3.8, 4) is 21.9 Å². The van der Waals surface area contributed by atoms with Crippen LogP contribution in [-0.4, -0.2) is 63.7 Å². The number of aromatic nitrogens is 3.